The first-order valence-corrected chi connectivity index (χ1v) is 7.81. The second-order valence-electron chi connectivity index (χ2n) is 5.88. The van der Waals surface area contributed by atoms with Crippen molar-refractivity contribution in [2.45, 2.75) is 19.0 Å². The van der Waals surface area contributed by atoms with E-state index in [9.17, 15) is 4.79 Å². The summed E-state index contributed by atoms with van der Waals surface area (Å²) in [5, 5.41) is 0. The molecule has 1 aliphatic rings. The molecule has 23 heavy (non-hydrogen) atoms. The van der Waals surface area contributed by atoms with Gasteiger partial charge in [0.05, 0.1) is 13.7 Å². The lowest BCUT2D eigenvalue weighted by molar-refractivity contribution is -0.142. The van der Waals surface area contributed by atoms with E-state index in [1.807, 2.05) is 30.3 Å². The molecule has 0 heterocycles. The van der Waals surface area contributed by atoms with Crippen LogP contribution in [-0.4, -0.2) is 24.5 Å². The van der Waals surface area contributed by atoms with E-state index in [1.54, 1.807) is 0 Å². The predicted octanol–water partition coefficient (Wildman–Crippen LogP) is 3.82. The molecule has 1 unspecified atom stereocenters. The van der Waals surface area contributed by atoms with Gasteiger partial charge < -0.3 is 4.74 Å². The fraction of sp³-hybridized carbons (Fsp3) is 0.250. The van der Waals surface area contributed by atoms with Crippen LogP contribution in [0.2, 0.25) is 0 Å². The number of hydrogen-bond donors (Lipinski definition) is 0. The second-order valence-corrected chi connectivity index (χ2v) is 5.88. The van der Waals surface area contributed by atoms with Gasteiger partial charge >= 0.3 is 5.97 Å². The second kappa shape index (κ2) is 6.80. The normalized spacial score (nSPS) is 16.4. The third-order valence-corrected chi connectivity index (χ3v) is 4.37. The number of ether oxygens (including phenoxy) is 1. The number of methoxy groups -OCH3 is 1. The van der Waals surface area contributed by atoms with Crippen LogP contribution in [0.15, 0.2) is 61.2 Å². The molecule has 0 radical (unpaired) electrons. The molecule has 0 N–H and O–H groups in total. The summed E-state index contributed by atoms with van der Waals surface area (Å²) in [7, 11) is 1.44. The Bertz CT molecular complexity index is 709. The first-order chi connectivity index (χ1) is 11.2. The zero-order chi connectivity index (χ0) is 16.2. The number of carbonyl (C=O) groups is 1. The SMILES string of the molecule is C=C1CC(N(CC(=O)OC)Cc2ccccc2)c2ccccc21. The lowest BCUT2D eigenvalue weighted by Crippen LogP contribution is -2.33. The van der Waals surface area contributed by atoms with Gasteiger partial charge in [-0.15, -0.1) is 0 Å². The molecule has 3 nitrogen and oxygen atoms in total. The molecular formula is C20H21NO2. The molecule has 0 fully saturated rings. The highest BCUT2D eigenvalue weighted by atomic mass is 16.5. The van der Waals surface area contributed by atoms with Gasteiger partial charge in [0.2, 0.25) is 0 Å². The fourth-order valence-electron chi connectivity index (χ4n) is 3.21. The van der Waals surface area contributed by atoms with Crippen LogP contribution >= 0.6 is 0 Å². The summed E-state index contributed by atoms with van der Waals surface area (Å²) < 4.78 is 4.89. The van der Waals surface area contributed by atoms with Crippen molar-refractivity contribution >= 4 is 11.5 Å². The molecule has 0 saturated heterocycles. The Balaban J connectivity index is 1.89. The van der Waals surface area contributed by atoms with Crippen molar-refractivity contribution in [2.75, 3.05) is 13.7 Å². The van der Waals surface area contributed by atoms with Crippen LogP contribution in [0.3, 0.4) is 0 Å². The molecule has 0 amide bonds. The first kappa shape index (κ1) is 15.5. The van der Waals surface area contributed by atoms with Gasteiger partial charge in [-0.3, -0.25) is 9.69 Å². The first-order valence-electron chi connectivity index (χ1n) is 7.81. The number of carbonyl (C=O) groups excluding carboxylic acids is 1. The Labute approximate surface area is 137 Å². The number of fused-ring (bicyclic) bond motifs is 1. The Kier molecular flexibility index (Phi) is 4.58. The van der Waals surface area contributed by atoms with Gasteiger partial charge in [-0.2, -0.15) is 0 Å². The molecule has 2 aromatic rings. The molecule has 2 aromatic carbocycles. The van der Waals surface area contributed by atoms with E-state index >= 15 is 0 Å². The topological polar surface area (TPSA) is 29.5 Å². The zero-order valence-electron chi connectivity index (χ0n) is 13.4. The molecule has 3 heteroatoms. The standard InChI is InChI=1S/C20H21NO2/c1-15-12-19(18-11-7-6-10-17(15)18)21(14-20(22)23-2)13-16-8-4-3-5-9-16/h3-11,19H,1,12-14H2,2H3. The van der Waals surface area contributed by atoms with Crippen molar-refractivity contribution in [1.82, 2.24) is 4.90 Å². The fourth-order valence-corrected chi connectivity index (χ4v) is 3.21. The van der Waals surface area contributed by atoms with Gasteiger partial charge in [0.15, 0.2) is 0 Å². The molecule has 0 aromatic heterocycles. The zero-order valence-corrected chi connectivity index (χ0v) is 13.4. The van der Waals surface area contributed by atoms with E-state index in [0.717, 1.165) is 12.0 Å². The van der Waals surface area contributed by atoms with Crippen molar-refractivity contribution in [3.05, 3.63) is 77.9 Å². The smallest absolute Gasteiger partial charge is 0.319 e. The van der Waals surface area contributed by atoms with Gasteiger partial charge in [0.25, 0.3) is 0 Å². The van der Waals surface area contributed by atoms with Crippen molar-refractivity contribution in [2.24, 2.45) is 0 Å². The minimum Gasteiger partial charge on any atom is -0.468 e. The largest absolute Gasteiger partial charge is 0.468 e. The summed E-state index contributed by atoms with van der Waals surface area (Å²) in [6.45, 7) is 5.18. The van der Waals surface area contributed by atoms with E-state index < -0.39 is 0 Å². The van der Waals surface area contributed by atoms with E-state index in [0.29, 0.717) is 6.54 Å². The summed E-state index contributed by atoms with van der Waals surface area (Å²) in [5.74, 6) is -0.212. The summed E-state index contributed by atoms with van der Waals surface area (Å²) in [6.07, 6.45) is 0.850. The predicted molar refractivity (Wildman–Crippen MR) is 91.7 cm³/mol. The maximum atomic E-state index is 11.9. The summed E-state index contributed by atoms with van der Waals surface area (Å²) >= 11 is 0. The summed E-state index contributed by atoms with van der Waals surface area (Å²) in [6, 6.07) is 18.7. The Hall–Kier alpha value is -2.39. The van der Waals surface area contributed by atoms with Gasteiger partial charge in [0.1, 0.15) is 0 Å². The quantitative estimate of drug-likeness (QED) is 0.787. The number of benzene rings is 2. The van der Waals surface area contributed by atoms with Crippen LogP contribution in [0.4, 0.5) is 0 Å². The monoisotopic (exact) mass is 307 g/mol. The summed E-state index contributed by atoms with van der Waals surface area (Å²) in [5.41, 5.74) is 4.78. The lowest BCUT2D eigenvalue weighted by atomic mass is 10.1. The molecular weight excluding hydrogens is 286 g/mol. The average molecular weight is 307 g/mol. The highest BCUT2D eigenvalue weighted by molar-refractivity contribution is 5.74. The molecule has 1 atom stereocenters. The lowest BCUT2D eigenvalue weighted by Gasteiger charge is -2.28. The van der Waals surface area contributed by atoms with E-state index in [-0.39, 0.29) is 18.6 Å². The van der Waals surface area contributed by atoms with Crippen LogP contribution in [0.5, 0.6) is 0 Å². The van der Waals surface area contributed by atoms with Crippen molar-refractivity contribution in [1.29, 1.82) is 0 Å². The number of hydrogen-bond acceptors (Lipinski definition) is 3. The maximum Gasteiger partial charge on any atom is 0.319 e. The van der Waals surface area contributed by atoms with Crippen LogP contribution in [0.25, 0.3) is 5.57 Å². The third-order valence-electron chi connectivity index (χ3n) is 4.37. The van der Waals surface area contributed by atoms with E-state index in [1.165, 1.54) is 23.8 Å². The molecule has 0 spiro atoms. The maximum absolute atomic E-state index is 11.9. The number of esters is 1. The van der Waals surface area contributed by atoms with Gasteiger partial charge in [-0.05, 0) is 28.7 Å². The van der Waals surface area contributed by atoms with E-state index in [2.05, 4.69) is 35.7 Å². The number of rotatable bonds is 5. The van der Waals surface area contributed by atoms with Gasteiger partial charge in [-0.25, -0.2) is 0 Å². The van der Waals surface area contributed by atoms with Crippen molar-refractivity contribution in [3.63, 3.8) is 0 Å². The molecule has 0 bridgehead atoms. The molecule has 118 valence electrons. The Morgan fingerprint density at radius 2 is 1.87 bits per heavy atom. The Morgan fingerprint density at radius 1 is 1.17 bits per heavy atom. The van der Waals surface area contributed by atoms with Crippen molar-refractivity contribution in [3.8, 4) is 0 Å². The van der Waals surface area contributed by atoms with Crippen LogP contribution in [0.1, 0.15) is 29.2 Å². The molecule has 3 rings (SSSR count). The van der Waals surface area contributed by atoms with Crippen LogP contribution < -0.4 is 0 Å². The Morgan fingerprint density at radius 3 is 2.61 bits per heavy atom. The highest BCUT2D eigenvalue weighted by Crippen LogP contribution is 2.42. The van der Waals surface area contributed by atoms with Gasteiger partial charge in [-0.1, -0.05) is 61.2 Å². The third kappa shape index (κ3) is 3.35. The molecule has 1 aliphatic carbocycles. The van der Waals surface area contributed by atoms with Gasteiger partial charge in [0, 0.05) is 12.6 Å². The minimum absolute atomic E-state index is 0.165. The highest BCUT2D eigenvalue weighted by Gasteiger charge is 2.31. The average Bonchev–Trinajstić information content (AvgIpc) is 2.92. The summed E-state index contributed by atoms with van der Waals surface area (Å²) in [4.78, 5) is 14.1. The van der Waals surface area contributed by atoms with E-state index in [4.69, 9.17) is 4.74 Å². The minimum atomic E-state index is -0.212. The van der Waals surface area contributed by atoms with Crippen LogP contribution in [-0.2, 0) is 16.1 Å². The van der Waals surface area contributed by atoms with Crippen LogP contribution in [0, 0.1) is 0 Å². The van der Waals surface area contributed by atoms with Crippen molar-refractivity contribution < 1.29 is 9.53 Å². The number of nitrogens with zero attached hydrogens (tertiary/aromatic N) is 1. The molecule has 0 aliphatic heterocycles. The molecule has 0 saturated carbocycles.